The van der Waals surface area contributed by atoms with Crippen LogP contribution in [0.3, 0.4) is 0 Å². The Bertz CT molecular complexity index is 5910. The van der Waals surface area contributed by atoms with Crippen molar-refractivity contribution < 1.29 is 54.4 Å². The van der Waals surface area contributed by atoms with E-state index in [0.29, 0.717) is 174 Å². The summed E-state index contributed by atoms with van der Waals surface area (Å²) in [7, 11) is -6.37. The number of nitrogens with one attached hydrogen (secondary N) is 8. The molecule has 10 aromatic rings. The van der Waals surface area contributed by atoms with Crippen LogP contribution < -0.4 is 35.6 Å². The number of aromatic nitrogens is 10. The van der Waals surface area contributed by atoms with Gasteiger partial charge >= 0.3 is 18.1 Å². The molecule has 2 unspecified atom stereocenters. The van der Waals surface area contributed by atoms with E-state index in [4.69, 9.17) is 46.4 Å². The van der Waals surface area contributed by atoms with E-state index in [2.05, 4.69) is 86.5 Å². The van der Waals surface area contributed by atoms with E-state index in [9.17, 15) is 54.4 Å². The Balaban J connectivity index is 0.000000112. The summed E-state index contributed by atoms with van der Waals surface area (Å²) in [5.41, 5.74) is 6.83. The molecule has 32 nitrogen and oxygen atoms in total. The Morgan fingerprint density at radius 3 is 1.17 bits per heavy atom. The van der Waals surface area contributed by atoms with Crippen molar-refractivity contribution in [1.82, 2.24) is 90.2 Å². The number of benzene rings is 5. The first kappa shape index (κ1) is 89.3. The average molecular weight is 1860 g/mol. The van der Waals surface area contributed by atoms with Gasteiger partial charge in [-0.2, -0.15) is 29.8 Å². The highest BCUT2D eigenvalue weighted by Gasteiger charge is 2.56. The third kappa shape index (κ3) is 18.5. The summed E-state index contributed by atoms with van der Waals surface area (Å²) in [6, 6.07) is 17.7. The summed E-state index contributed by atoms with van der Waals surface area (Å²) >= 11 is 25.1. The number of hydrogen-bond acceptors (Lipinski definition) is 19. The van der Waals surface area contributed by atoms with Gasteiger partial charge in [0.05, 0.1) is 71.1 Å². The third-order valence-electron chi connectivity index (χ3n) is 27.5. The van der Waals surface area contributed by atoms with Crippen molar-refractivity contribution in [1.29, 1.82) is 0 Å². The number of rotatable bonds is 14. The van der Waals surface area contributed by atoms with Gasteiger partial charge in [-0.15, -0.1) is 0 Å². The molecule has 2 atom stereocenters. The molecular formula is C87H106Cl4F2N22O10S2. The predicted octanol–water partition coefficient (Wildman–Crippen LogP) is 14.2. The number of alkyl halides is 2. The van der Waals surface area contributed by atoms with Crippen LogP contribution >= 0.6 is 46.4 Å². The first-order chi connectivity index (χ1) is 60.8. The van der Waals surface area contributed by atoms with Gasteiger partial charge in [0.1, 0.15) is 16.6 Å². The molecular weight excluding hydrogens is 1760 g/mol. The molecule has 5 aromatic carbocycles. The van der Waals surface area contributed by atoms with E-state index in [0.717, 1.165) is 129 Å². The lowest BCUT2D eigenvalue weighted by Gasteiger charge is -2.50. The lowest BCUT2D eigenvalue weighted by atomic mass is 9.86. The van der Waals surface area contributed by atoms with Gasteiger partial charge in [0.2, 0.25) is 20.0 Å². The van der Waals surface area contributed by atoms with Crippen LogP contribution in [0.4, 0.5) is 45.9 Å². The quantitative estimate of drug-likeness (QED) is 0.0469. The monoisotopic (exact) mass is 1860 g/mol. The number of halogens is 6. The second kappa shape index (κ2) is 36.3. The van der Waals surface area contributed by atoms with E-state index in [1.807, 2.05) is 68.6 Å². The maximum absolute atomic E-state index is 13.2. The molecule has 8 saturated heterocycles. The molecule has 8 aliphatic heterocycles. The van der Waals surface area contributed by atoms with Gasteiger partial charge in [-0.05, 0) is 180 Å². The Labute approximate surface area is 754 Å². The Hall–Kier alpha value is -9.69. The lowest BCUT2D eigenvalue weighted by molar-refractivity contribution is -0.133. The summed E-state index contributed by atoms with van der Waals surface area (Å²) in [5.74, 6) is 1.10. The van der Waals surface area contributed by atoms with Crippen LogP contribution in [0.2, 0.25) is 20.1 Å². The molecule has 13 heterocycles. The summed E-state index contributed by atoms with van der Waals surface area (Å²) in [6.07, 6.45) is 25.9. The zero-order valence-corrected chi connectivity index (χ0v) is 75.9. The van der Waals surface area contributed by atoms with Crippen LogP contribution in [-0.2, 0) is 34.4 Å². The van der Waals surface area contributed by atoms with Gasteiger partial charge in [-0.1, -0.05) is 92.4 Å². The SMILES string of the molecule is CC(C)CN1C(=O)NC2(CCN(c3cc(Cl)cc4[nH]ncc34)CC2)C1=O.CS(=O)(=O)N1CCC(c2cc(C(F)F)cc3[nH]ncc23)CC1.CS(=O)(=O)N1CCN(c2cc(Cl)cc3[nH]ncc23)C2CCCCC21.O=C1NC2(CCN(c3cc(Cl)cc4[nH]ncc34)CC2)C(=O)N1CC1CC1.O=C1NC2(CCN(c3cc(Cl)cc4[nH]ncc34)CC2)C(=O)N1CC1CCCCC1. The predicted molar refractivity (Wildman–Crippen MR) is 486 cm³/mol. The number of piperidine rings is 4. The summed E-state index contributed by atoms with van der Waals surface area (Å²) < 4.78 is 76.7. The number of carbonyl (C=O) groups excluding carboxylic acids is 6. The van der Waals surface area contributed by atoms with E-state index >= 15 is 0 Å². The van der Waals surface area contributed by atoms with Crippen molar-refractivity contribution in [3.05, 3.63) is 123 Å². The number of urea groups is 3. The lowest BCUT2D eigenvalue weighted by Crippen LogP contribution is -2.62. The maximum Gasteiger partial charge on any atom is 0.325 e. The molecule has 5 aromatic heterocycles. The van der Waals surface area contributed by atoms with Gasteiger partial charge in [-0.3, -0.25) is 54.6 Å². The number of aromatic amines is 5. The second-order valence-corrected chi connectivity index (χ2v) is 41.9. The highest BCUT2D eigenvalue weighted by molar-refractivity contribution is 7.88. The third-order valence-corrected chi connectivity index (χ3v) is 30.9. The van der Waals surface area contributed by atoms with Crippen LogP contribution in [-0.4, -0.2) is 253 Å². The molecule has 9 amide bonds. The van der Waals surface area contributed by atoms with Crippen LogP contribution in [0.1, 0.15) is 159 Å². The number of anilines is 4. The maximum atomic E-state index is 13.2. The number of nitrogens with zero attached hydrogens (tertiary/aromatic N) is 14. The summed E-state index contributed by atoms with van der Waals surface area (Å²) in [6.45, 7) is 11.7. The molecule has 678 valence electrons. The summed E-state index contributed by atoms with van der Waals surface area (Å²) in [4.78, 5) is 89.5. The number of amides is 9. The molecule has 0 bridgehead atoms. The largest absolute Gasteiger partial charge is 0.371 e. The van der Waals surface area contributed by atoms with E-state index < -0.39 is 43.1 Å². The van der Waals surface area contributed by atoms with Gasteiger partial charge in [0.25, 0.3) is 24.1 Å². The van der Waals surface area contributed by atoms with Gasteiger partial charge in [-0.25, -0.2) is 44.3 Å². The highest BCUT2D eigenvalue weighted by atomic mass is 35.5. The van der Waals surface area contributed by atoms with E-state index in [-0.39, 0.29) is 65.3 Å². The molecule has 3 saturated carbocycles. The standard InChI is InChI=1S/C21H26ClN5O2.C18H20ClN5O2.C18H22ClN5O2.C16H21ClN4O2S.C14H17F2N3O2S/c22-15-10-17-16(12-23-25-17)18(11-15)26-8-6-21(7-9-26)19(28)27(20(29)24-21)13-14-4-2-1-3-5-14;19-12-7-14-13(9-20-22-14)15(8-12)23-5-3-18(4-6-23)16(25)24(17(26)21-18)10-11-1-2-11;1-11(2)10-24-16(25)18(21-17(24)26)3-5-23(6-4-18)15-8-12(19)7-14-13(15)9-20-22-14;1-24(22,23)21-7-6-20(14-4-2-3-5-15(14)21)16-9-11(17)8-13-12(16)10-18-19-13;1-22(20,21)19-4-2-9(3-5-19)11-6-10(14(15)16)7-13-12(11)8-17-18-13/h10-12,14H,1-9,13H2,(H,23,25)(H,24,29);7-9,11H,1-6,10H2,(H,20,22)(H,21,26);7-9,11H,3-6,10H2,1-2H3,(H,20,22)(H,21,26);8-10,14-15H,2-7H2,1H3,(H,18,19);6-9,14H,2-5H2,1H3,(H,17,18). The minimum atomic E-state index is -3.19. The minimum Gasteiger partial charge on any atom is -0.371 e. The van der Waals surface area contributed by atoms with Crippen LogP contribution in [0.5, 0.6) is 0 Å². The Morgan fingerprint density at radius 1 is 0.409 bits per heavy atom. The van der Waals surface area contributed by atoms with Crippen molar-refractivity contribution >= 4 is 180 Å². The fourth-order valence-electron chi connectivity index (χ4n) is 20.6. The van der Waals surface area contributed by atoms with Crippen LogP contribution in [0.15, 0.2) is 91.6 Å². The first-order valence-electron chi connectivity index (χ1n) is 43.9. The minimum absolute atomic E-state index is 0.0303. The van der Waals surface area contributed by atoms with E-state index in [1.165, 1.54) is 62.9 Å². The number of carbonyl (C=O) groups is 6. The highest BCUT2D eigenvalue weighted by Crippen LogP contribution is 2.45. The molecule has 11 fully saturated rings. The number of fused-ring (bicyclic) bond motifs is 6. The average Bonchev–Trinajstić information content (AvgIpc) is 1.45. The number of imide groups is 3. The van der Waals surface area contributed by atoms with Crippen molar-refractivity contribution in [2.24, 2.45) is 17.8 Å². The molecule has 40 heteroatoms. The smallest absolute Gasteiger partial charge is 0.325 e. The second-order valence-electron chi connectivity index (χ2n) is 36.3. The molecule has 3 spiro atoms. The van der Waals surface area contributed by atoms with Gasteiger partial charge < -0.3 is 35.6 Å². The number of sulfonamides is 2. The molecule has 8 N–H and O–H groups in total. The van der Waals surface area contributed by atoms with Crippen LogP contribution in [0, 0.1) is 17.8 Å². The van der Waals surface area contributed by atoms with Crippen LogP contribution in [0.25, 0.3) is 54.5 Å². The number of H-pyrrole nitrogens is 5. The van der Waals surface area contributed by atoms with Gasteiger partial charge in [0, 0.05) is 173 Å². The van der Waals surface area contributed by atoms with Gasteiger partial charge in [0.15, 0.2) is 0 Å². The number of hydrogen-bond donors (Lipinski definition) is 8. The molecule has 127 heavy (non-hydrogen) atoms. The molecule has 3 aliphatic carbocycles. The molecule has 0 radical (unpaired) electrons. The van der Waals surface area contributed by atoms with Crippen molar-refractivity contribution in [3.8, 4) is 0 Å². The van der Waals surface area contributed by atoms with Crippen molar-refractivity contribution in [2.45, 2.75) is 177 Å². The Morgan fingerprint density at radius 2 is 0.772 bits per heavy atom. The molecule has 11 aliphatic rings. The Kier molecular flexibility index (Phi) is 25.5. The molecule has 21 rings (SSSR count). The summed E-state index contributed by atoms with van der Waals surface area (Å²) in [5, 5.41) is 51.5. The zero-order valence-electron chi connectivity index (χ0n) is 71.3. The number of piperazine rings is 1. The first-order valence-corrected chi connectivity index (χ1v) is 49.1. The topological polar surface area (TPSA) is 379 Å². The van der Waals surface area contributed by atoms with Crippen molar-refractivity contribution in [2.75, 3.05) is 117 Å². The normalized spacial score (nSPS) is 21.9. The fourth-order valence-corrected chi connectivity index (χ4v) is 23.5. The fraction of sp³-hybridized carbons (Fsp3) is 0.529. The van der Waals surface area contributed by atoms with E-state index in [1.54, 1.807) is 29.1 Å². The zero-order chi connectivity index (χ0) is 89.2. The van der Waals surface area contributed by atoms with Crippen molar-refractivity contribution in [3.63, 3.8) is 0 Å².